The second-order valence-electron chi connectivity index (χ2n) is 4.23. The molecule has 1 aliphatic carbocycles. The number of hydrogen-bond acceptors (Lipinski definition) is 4. The van der Waals surface area contributed by atoms with Crippen molar-refractivity contribution in [2.24, 2.45) is 0 Å². The number of halogens is 3. The van der Waals surface area contributed by atoms with Crippen LogP contribution in [0.5, 0.6) is 0 Å². The van der Waals surface area contributed by atoms with Gasteiger partial charge in [0.2, 0.25) is 5.95 Å². The first-order chi connectivity index (χ1) is 8.23. The Labute approximate surface area is 100 Å². The number of alkyl halides is 3. The summed E-state index contributed by atoms with van der Waals surface area (Å²) in [5.74, 6) is -1.61. The van der Waals surface area contributed by atoms with Gasteiger partial charge in [0.05, 0.1) is 0 Å². The van der Waals surface area contributed by atoms with Gasteiger partial charge in [0.15, 0.2) is 5.69 Å². The first kappa shape index (κ1) is 12.6. The van der Waals surface area contributed by atoms with E-state index in [-0.39, 0.29) is 24.5 Å². The van der Waals surface area contributed by atoms with Gasteiger partial charge in [-0.25, -0.2) is 14.8 Å². The fourth-order valence-electron chi connectivity index (χ4n) is 1.55. The van der Waals surface area contributed by atoms with Crippen molar-refractivity contribution in [1.82, 2.24) is 9.97 Å². The topological polar surface area (TPSA) is 75.1 Å². The number of carboxylic acids is 1. The van der Waals surface area contributed by atoms with Crippen molar-refractivity contribution in [3.8, 4) is 0 Å². The van der Waals surface area contributed by atoms with Gasteiger partial charge in [0, 0.05) is 5.69 Å². The van der Waals surface area contributed by atoms with E-state index in [1.165, 1.54) is 13.0 Å². The number of carboxylic acid groups (broad SMARTS) is 1. The lowest BCUT2D eigenvalue weighted by Gasteiger charge is -2.20. The van der Waals surface area contributed by atoms with Gasteiger partial charge in [-0.1, -0.05) is 0 Å². The smallest absolute Gasteiger partial charge is 0.411 e. The molecule has 0 unspecified atom stereocenters. The molecule has 18 heavy (non-hydrogen) atoms. The maximum Gasteiger partial charge on any atom is 0.411 e. The molecule has 1 saturated carbocycles. The molecule has 1 heterocycles. The highest BCUT2D eigenvalue weighted by Crippen LogP contribution is 2.50. The van der Waals surface area contributed by atoms with E-state index in [1.54, 1.807) is 0 Å². The molecule has 0 saturated heterocycles. The summed E-state index contributed by atoms with van der Waals surface area (Å²) in [6, 6.07) is 1.20. The molecule has 0 radical (unpaired) electrons. The quantitative estimate of drug-likeness (QED) is 0.870. The summed E-state index contributed by atoms with van der Waals surface area (Å²) in [4.78, 5) is 18.1. The lowest BCUT2D eigenvalue weighted by molar-refractivity contribution is -0.151. The minimum atomic E-state index is -4.40. The van der Waals surface area contributed by atoms with Gasteiger partial charge >= 0.3 is 12.1 Å². The molecule has 1 fully saturated rings. The average molecular weight is 261 g/mol. The van der Waals surface area contributed by atoms with Crippen LogP contribution in [-0.4, -0.2) is 32.8 Å². The standard InChI is InChI=1S/C10H10F3N3O2/c1-5-4-6(7(17)18)15-8(14-5)16-9(2-3-9)10(11,12)13/h4H,2-3H2,1H3,(H,17,18)(H,14,15,16). The van der Waals surface area contributed by atoms with Crippen LogP contribution in [0.3, 0.4) is 0 Å². The molecule has 8 heteroatoms. The van der Waals surface area contributed by atoms with E-state index in [4.69, 9.17) is 5.11 Å². The number of nitrogens with one attached hydrogen (secondary N) is 1. The largest absolute Gasteiger partial charge is 0.477 e. The molecule has 0 aliphatic heterocycles. The fourth-order valence-corrected chi connectivity index (χ4v) is 1.55. The Balaban J connectivity index is 2.28. The first-order valence-electron chi connectivity index (χ1n) is 5.17. The Morgan fingerprint density at radius 1 is 1.44 bits per heavy atom. The average Bonchev–Trinajstić information content (AvgIpc) is 2.96. The summed E-state index contributed by atoms with van der Waals surface area (Å²) >= 11 is 0. The zero-order valence-electron chi connectivity index (χ0n) is 9.38. The van der Waals surface area contributed by atoms with E-state index < -0.39 is 17.7 Å². The van der Waals surface area contributed by atoms with E-state index in [2.05, 4.69) is 15.3 Å². The van der Waals surface area contributed by atoms with E-state index in [9.17, 15) is 18.0 Å². The Kier molecular flexibility index (Phi) is 2.67. The molecule has 1 aromatic rings. The molecule has 1 aromatic heterocycles. The lowest BCUT2D eigenvalue weighted by Crippen LogP contribution is -2.39. The Morgan fingerprint density at radius 3 is 2.50 bits per heavy atom. The van der Waals surface area contributed by atoms with Crippen LogP contribution in [0.2, 0.25) is 0 Å². The van der Waals surface area contributed by atoms with E-state index in [0.717, 1.165) is 0 Å². The number of aromatic nitrogens is 2. The zero-order chi connectivity index (χ0) is 13.6. The predicted octanol–water partition coefficient (Wildman–Crippen LogP) is 1.99. The summed E-state index contributed by atoms with van der Waals surface area (Å²) in [6.45, 7) is 1.49. The monoisotopic (exact) mass is 261 g/mol. The summed E-state index contributed by atoms with van der Waals surface area (Å²) in [5.41, 5.74) is -2.04. The third kappa shape index (κ3) is 2.22. The summed E-state index contributed by atoms with van der Waals surface area (Å²) in [6.07, 6.45) is -4.52. The fraction of sp³-hybridized carbons (Fsp3) is 0.500. The van der Waals surface area contributed by atoms with E-state index in [0.29, 0.717) is 5.69 Å². The van der Waals surface area contributed by atoms with Gasteiger partial charge in [0.1, 0.15) is 5.54 Å². The Morgan fingerprint density at radius 2 is 2.06 bits per heavy atom. The van der Waals surface area contributed by atoms with Gasteiger partial charge in [0.25, 0.3) is 0 Å². The van der Waals surface area contributed by atoms with Crippen molar-refractivity contribution in [2.45, 2.75) is 31.5 Å². The van der Waals surface area contributed by atoms with Gasteiger partial charge in [-0.3, -0.25) is 0 Å². The molecule has 0 spiro atoms. The van der Waals surface area contributed by atoms with Crippen LogP contribution in [0, 0.1) is 6.92 Å². The van der Waals surface area contributed by atoms with Crippen molar-refractivity contribution in [3.63, 3.8) is 0 Å². The molecule has 0 amide bonds. The molecule has 0 atom stereocenters. The number of nitrogens with zero attached hydrogens (tertiary/aromatic N) is 2. The lowest BCUT2D eigenvalue weighted by atomic mass is 10.2. The molecule has 2 N–H and O–H groups in total. The minimum absolute atomic E-state index is 0.0593. The van der Waals surface area contributed by atoms with E-state index >= 15 is 0 Å². The highest BCUT2D eigenvalue weighted by Gasteiger charge is 2.64. The van der Waals surface area contributed by atoms with Crippen LogP contribution in [0.4, 0.5) is 19.1 Å². The van der Waals surface area contributed by atoms with Crippen LogP contribution < -0.4 is 5.32 Å². The van der Waals surface area contributed by atoms with Gasteiger partial charge < -0.3 is 10.4 Å². The van der Waals surface area contributed by atoms with Crippen molar-refractivity contribution in [1.29, 1.82) is 0 Å². The Bertz CT molecular complexity index is 498. The molecule has 0 bridgehead atoms. The van der Waals surface area contributed by atoms with Crippen LogP contribution in [0.25, 0.3) is 0 Å². The summed E-state index contributed by atoms with van der Waals surface area (Å²) in [5, 5.41) is 11.0. The van der Waals surface area contributed by atoms with Crippen LogP contribution in [-0.2, 0) is 0 Å². The molecule has 2 rings (SSSR count). The predicted molar refractivity (Wildman–Crippen MR) is 55.4 cm³/mol. The SMILES string of the molecule is Cc1cc(C(=O)O)nc(NC2(C(F)(F)F)CC2)n1. The number of aryl methyl sites for hydroxylation is 1. The number of aromatic carboxylic acids is 1. The van der Waals surface area contributed by atoms with Crippen molar-refractivity contribution in [3.05, 3.63) is 17.5 Å². The second-order valence-corrected chi connectivity index (χ2v) is 4.23. The first-order valence-corrected chi connectivity index (χ1v) is 5.17. The number of carbonyl (C=O) groups is 1. The van der Waals surface area contributed by atoms with Crippen molar-refractivity contribution in [2.75, 3.05) is 5.32 Å². The van der Waals surface area contributed by atoms with Crippen LogP contribution in [0.15, 0.2) is 6.07 Å². The number of rotatable bonds is 3. The highest BCUT2D eigenvalue weighted by atomic mass is 19.4. The molecular weight excluding hydrogens is 251 g/mol. The van der Waals surface area contributed by atoms with Crippen molar-refractivity contribution < 1.29 is 23.1 Å². The summed E-state index contributed by atoms with van der Waals surface area (Å²) < 4.78 is 38.1. The Hall–Kier alpha value is -1.86. The molecule has 98 valence electrons. The maximum atomic E-state index is 12.7. The van der Waals surface area contributed by atoms with Gasteiger partial charge in [-0.2, -0.15) is 13.2 Å². The molecule has 1 aliphatic rings. The molecular formula is C10H10F3N3O2. The molecule has 5 nitrogen and oxygen atoms in total. The van der Waals surface area contributed by atoms with Crippen molar-refractivity contribution >= 4 is 11.9 Å². The van der Waals surface area contributed by atoms with Crippen LogP contribution in [0.1, 0.15) is 29.0 Å². The summed E-state index contributed by atoms with van der Waals surface area (Å²) in [7, 11) is 0. The normalized spacial score (nSPS) is 17.3. The zero-order valence-corrected chi connectivity index (χ0v) is 9.38. The number of anilines is 1. The minimum Gasteiger partial charge on any atom is -0.477 e. The van der Waals surface area contributed by atoms with E-state index in [1.807, 2.05) is 0 Å². The highest BCUT2D eigenvalue weighted by molar-refractivity contribution is 5.85. The third-order valence-corrected chi connectivity index (χ3v) is 2.72. The maximum absolute atomic E-state index is 12.7. The second kappa shape index (κ2) is 3.82. The number of hydrogen-bond donors (Lipinski definition) is 2. The van der Waals surface area contributed by atoms with Gasteiger partial charge in [-0.15, -0.1) is 0 Å². The van der Waals surface area contributed by atoms with Gasteiger partial charge in [-0.05, 0) is 25.8 Å². The molecule has 0 aromatic carbocycles. The third-order valence-electron chi connectivity index (χ3n) is 2.72. The van der Waals surface area contributed by atoms with Crippen LogP contribution >= 0.6 is 0 Å².